The Kier molecular flexibility index (Phi) is 3.43. The van der Waals surface area contributed by atoms with Crippen molar-refractivity contribution >= 4 is 11.3 Å². The smallest absolute Gasteiger partial charge is 0.266 e. The van der Waals surface area contributed by atoms with Crippen molar-refractivity contribution < 1.29 is 0 Å². The van der Waals surface area contributed by atoms with E-state index in [1.54, 1.807) is 17.6 Å². The molecule has 4 nitrogen and oxygen atoms in total. The fourth-order valence-electron chi connectivity index (χ4n) is 2.03. The minimum absolute atomic E-state index is 0.0815. The Morgan fingerprint density at radius 1 is 1.15 bits per heavy atom. The monoisotopic (exact) mass is 283 g/mol. The molecule has 0 aliphatic carbocycles. The first-order chi connectivity index (χ1) is 9.79. The molecule has 0 unspecified atom stereocenters. The zero-order valence-electron chi connectivity index (χ0n) is 11.0. The maximum atomic E-state index is 11.6. The van der Waals surface area contributed by atoms with Gasteiger partial charge in [0.1, 0.15) is 5.69 Å². The van der Waals surface area contributed by atoms with Gasteiger partial charge in [-0.2, -0.15) is 5.10 Å². The molecule has 0 N–H and O–H groups in total. The number of nitrogens with zero attached hydrogens (tertiary/aromatic N) is 3. The van der Waals surface area contributed by atoms with Crippen LogP contribution in [0.2, 0.25) is 0 Å². The minimum Gasteiger partial charge on any atom is -0.268 e. The van der Waals surface area contributed by atoms with E-state index < -0.39 is 0 Å². The lowest BCUT2D eigenvalue weighted by Crippen LogP contribution is -2.20. The average molecular weight is 283 g/mol. The SMILES string of the molecule is CCn1nc(-c2scnc2-c2ccccc2)ccc1=O. The molecule has 20 heavy (non-hydrogen) atoms. The highest BCUT2D eigenvalue weighted by molar-refractivity contribution is 7.13. The standard InChI is InChI=1S/C15H13N3OS/c1-2-18-13(19)9-8-12(17-18)15-14(16-10-20-15)11-6-4-3-5-7-11/h3-10H,2H2,1H3. The van der Waals surface area contributed by atoms with Crippen LogP contribution in [-0.2, 0) is 6.54 Å². The van der Waals surface area contributed by atoms with E-state index >= 15 is 0 Å². The fourth-order valence-corrected chi connectivity index (χ4v) is 2.80. The number of rotatable bonds is 3. The molecule has 5 heteroatoms. The molecule has 0 radical (unpaired) electrons. The highest BCUT2D eigenvalue weighted by Gasteiger charge is 2.12. The van der Waals surface area contributed by atoms with Gasteiger partial charge in [0.15, 0.2) is 0 Å². The molecule has 1 aromatic carbocycles. The van der Waals surface area contributed by atoms with Crippen molar-refractivity contribution in [2.75, 3.05) is 0 Å². The van der Waals surface area contributed by atoms with Crippen molar-refractivity contribution in [3.05, 3.63) is 58.3 Å². The van der Waals surface area contributed by atoms with Gasteiger partial charge in [0.05, 0.1) is 16.1 Å². The molecule has 0 aliphatic rings. The van der Waals surface area contributed by atoms with Crippen LogP contribution in [0.4, 0.5) is 0 Å². The second-order valence-electron chi connectivity index (χ2n) is 4.27. The van der Waals surface area contributed by atoms with Gasteiger partial charge < -0.3 is 0 Å². The van der Waals surface area contributed by atoms with Gasteiger partial charge in [0.25, 0.3) is 5.56 Å². The van der Waals surface area contributed by atoms with Crippen molar-refractivity contribution in [1.29, 1.82) is 0 Å². The van der Waals surface area contributed by atoms with E-state index in [4.69, 9.17) is 0 Å². The minimum atomic E-state index is -0.0815. The van der Waals surface area contributed by atoms with Gasteiger partial charge in [-0.25, -0.2) is 9.67 Å². The third-order valence-electron chi connectivity index (χ3n) is 3.01. The van der Waals surface area contributed by atoms with Crippen LogP contribution in [0.1, 0.15) is 6.92 Å². The van der Waals surface area contributed by atoms with E-state index in [-0.39, 0.29) is 5.56 Å². The van der Waals surface area contributed by atoms with E-state index in [0.29, 0.717) is 6.54 Å². The van der Waals surface area contributed by atoms with Crippen LogP contribution in [-0.4, -0.2) is 14.8 Å². The summed E-state index contributed by atoms with van der Waals surface area (Å²) in [6.07, 6.45) is 0. The van der Waals surface area contributed by atoms with Crippen LogP contribution in [0.15, 0.2) is 52.8 Å². The molecule has 0 saturated carbocycles. The molecule has 0 bridgehead atoms. The normalized spacial score (nSPS) is 10.7. The number of aryl methyl sites for hydroxylation is 1. The summed E-state index contributed by atoms with van der Waals surface area (Å²) in [6, 6.07) is 13.3. The van der Waals surface area contributed by atoms with E-state index in [2.05, 4.69) is 10.1 Å². The van der Waals surface area contributed by atoms with E-state index in [1.165, 1.54) is 16.0 Å². The molecule has 0 aliphatic heterocycles. The van der Waals surface area contributed by atoms with Crippen LogP contribution >= 0.6 is 11.3 Å². The molecule has 0 spiro atoms. The molecule has 0 amide bonds. The zero-order valence-corrected chi connectivity index (χ0v) is 11.8. The van der Waals surface area contributed by atoms with Gasteiger partial charge >= 0.3 is 0 Å². The lowest BCUT2D eigenvalue weighted by molar-refractivity contribution is 0.619. The van der Waals surface area contributed by atoms with Crippen molar-refractivity contribution in [3.8, 4) is 21.8 Å². The summed E-state index contributed by atoms with van der Waals surface area (Å²) in [4.78, 5) is 17.0. The maximum absolute atomic E-state index is 11.6. The predicted octanol–water partition coefficient (Wildman–Crippen LogP) is 3.05. The summed E-state index contributed by atoms with van der Waals surface area (Å²) in [5.74, 6) is 0. The van der Waals surface area contributed by atoms with E-state index in [0.717, 1.165) is 21.8 Å². The summed E-state index contributed by atoms with van der Waals surface area (Å²) in [5.41, 5.74) is 4.47. The maximum Gasteiger partial charge on any atom is 0.266 e. The second kappa shape index (κ2) is 5.38. The summed E-state index contributed by atoms with van der Waals surface area (Å²) in [7, 11) is 0. The van der Waals surface area contributed by atoms with Crippen molar-refractivity contribution in [1.82, 2.24) is 14.8 Å². The third-order valence-corrected chi connectivity index (χ3v) is 3.86. The zero-order chi connectivity index (χ0) is 13.9. The largest absolute Gasteiger partial charge is 0.268 e. The highest BCUT2D eigenvalue weighted by atomic mass is 32.1. The Morgan fingerprint density at radius 2 is 1.95 bits per heavy atom. The van der Waals surface area contributed by atoms with Gasteiger partial charge in [-0.05, 0) is 13.0 Å². The van der Waals surface area contributed by atoms with E-state index in [9.17, 15) is 4.79 Å². The molecule has 2 heterocycles. The lowest BCUT2D eigenvalue weighted by Gasteiger charge is -2.05. The Bertz CT molecular complexity index is 777. The topological polar surface area (TPSA) is 47.8 Å². The molecule has 100 valence electrons. The van der Waals surface area contributed by atoms with Crippen LogP contribution in [0.3, 0.4) is 0 Å². The lowest BCUT2D eigenvalue weighted by atomic mass is 10.1. The van der Waals surface area contributed by atoms with E-state index in [1.807, 2.05) is 37.3 Å². The Balaban J connectivity index is 2.13. The van der Waals surface area contributed by atoms with Crippen LogP contribution in [0.5, 0.6) is 0 Å². The fraction of sp³-hybridized carbons (Fsp3) is 0.133. The molecule has 3 rings (SSSR count). The van der Waals surface area contributed by atoms with Crippen LogP contribution < -0.4 is 5.56 Å². The van der Waals surface area contributed by atoms with Crippen molar-refractivity contribution in [3.63, 3.8) is 0 Å². The molecule has 3 aromatic rings. The summed E-state index contributed by atoms with van der Waals surface area (Å²) in [6.45, 7) is 2.47. The predicted molar refractivity (Wildman–Crippen MR) is 80.7 cm³/mol. The summed E-state index contributed by atoms with van der Waals surface area (Å²) < 4.78 is 1.46. The molecule has 0 saturated heterocycles. The molecule has 0 atom stereocenters. The first-order valence-electron chi connectivity index (χ1n) is 6.37. The van der Waals surface area contributed by atoms with Crippen LogP contribution in [0, 0.1) is 0 Å². The number of hydrogen-bond acceptors (Lipinski definition) is 4. The molecule has 0 fully saturated rings. The third kappa shape index (κ3) is 2.28. The average Bonchev–Trinajstić information content (AvgIpc) is 2.98. The van der Waals surface area contributed by atoms with Gasteiger partial charge in [0, 0.05) is 18.2 Å². The van der Waals surface area contributed by atoms with Gasteiger partial charge in [-0.1, -0.05) is 30.3 Å². The van der Waals surface area contributed by atoms with Gasteiger partial charge in [0.2, 0.25) is 0 Å². The number of thiazole rings is 1. The van der Waals surface area contributed by atoms with Crippen molar-refractivity contribution in [2.24, 2.45) is 0 Å². The number of benzene rings is 1. The Hall–Kier alpha value is -2.27. The summed E-state index contributed by atoms with van der Waals surface area (Å²) >= 11 is 1.53. The second-order valence-corrected chi connectivity index (χ2v) is 5.12. The number of aromatic nitrogens is 3. The van der Waals surface area contributed by atoms with Crippen LogP contribution in [0.25, 0.3) is 21.8 Å². The molecule has 2 aromatic heterocycles. The Morgan fingerprint density at radius 3 is 2.70 bits per heavy atom. The number of hydrogen-bond donors (Lipinski definition) is 0. The quantitative estimate of drug-likeness (QED) is 0.742. The van der Waals surface area contributed by atoms with Gasteiger partial charge in [-0.15, -0.1) is 11.3 Å². The Labute approximate surface area is 120 Å². The summed E-state index contributed by atoms with van der Waals surface area (Å²) in [5, 5.41) is 4.39. The molecular formula is C15H13N3OS. The molecular weight excluding hydrogens is 270 g/mol. The first kappa shape index (κ1) is 12.7. The first-order valence-corrected chi connectivity index (χ1v) is 7.25. The van der Waals surface area contributed by atoms with Crippen molar-refractivity contribution in [2.45, 2.75) is 13.5 Å². The highest BCUT2D eigenvalue weighted by Crippen LogP contribution is 2.32. The van der Waals surface area contributed by atoms with Gasteiger partial charge in [-0.3, -0.25) is 4.79 Å².